The predicted octanol–water partition coefficient (Wildman–Crippen LogP) is 5.14. The minimum Gasteiger partial charge on any atom is -0.463 e. The van der Waals surface area contributed by atoms with E-state index in [1.165, 1.54) is 17.7 Å². The first-order chi connectivity index (χ1) is 16.8. The fourth-order valence-corrected chi connectivity index (χ4v) is 6.51. The zero-order valence-electron chi connectivity index (χ0n) is 20.1. The summed E-state index contributed by atoms with van der Waals surface area (Å²) >= 11 is 2.23. The first kappa shape index (κ1) is 26.3. The van der Waals surface area contributed by atoms with E-state index in [0.29, 0.717) is 6.04 Å². The summed E-state index contributed by atoms with van der Waals surface area (Å²) in [6, 6.07) is 15.5. The third kappa shape index (κ3) is 6.15. The number of nitrogens with zero attached hydrogens (tertiary/aromatic N) is 1. The van der Waals surface area contributed by atoms with E-state index in [1.54, 1.807) is 12.1 Å². The number of esters is 1. The Balaban J connectivity index is 1.44. The highest BCUT2D eigenvalue weighted by Gasteiger charge is 2.50. The van der Waals surface area contributed by atoms with Crippen molar-refractivity contribution in [1.29, 1.82) is 0 Å². The van der Waals surface area contributed by atoms with Gasteiger partial charge >= 0.3 is 5.97 Å². The van der Waals surface area contributed by atoms with Gasteiger partial charge in [-0.05, 0) is 54.9 Å². The second-order valence-electron chi connectivity index (χ2n) is 9.39. The van der Waals surface area contributed by atoms with E-state index in [0.717, 1.165) is 36.9 Å². The summed E-state index contributed by atoms with van der Waals surface area (Å²) in [5.41, 5.74) is 3.31. The first-order valence-corrected chi connectivity index (χ1v) is 14.7. The number of ether oxygens (including phenoxy) is 1. The van der Waals surface area contributed by atoms with E-state index in [9.17, 15) is 13.2 Å². The molecule has 2 aliphatic heterocycles. The van der Waals surface area contributed by atoms with Crippen LogP contribution in [0.25, 0.3) is 0 Å². The van der Waals surface area contributed by atoms with E-state index < -0.39 is 10.1 Å². The lowest BCUT2D eigenvalue weighted by Gasteiger charge is -2.43. The van der Waals surface area contributed by atoms with Crippen molar-refractivity contribution in [3.63, 3.8) is 0 Å². The van der Waals surface area contributed by atoms with Crippen LogP contribution < -0.4 is 0 Å². The van der Waals surface area contributed by atoms with Crippen molar-refractivity contribution in [1.82, 2.24) is 4.90 Å². The van der Waals surface area contributed by atoms with Crippen LogP contribution in [0.4, 0.5) is 0 Å². The molecule has 35 heavy (non-hydrogen) atoms. The zero-order chi connectivity index (χ0) is 25.0. The van der Waals surface area contributed by atoms with Gasteiger partial charge in [0.25, 0.3) is 10.1 Å². The van der Waals surface area contributed by atoms with Gasteiger partial charge in [-0.2, -0.15) is 8.42 Å². The molecule has 4 rings (SSSR count). The second-order valence-corrected chi connectivity index (χ2v) is 11.7. The molecule has 0 amide bonds. The van der Waals surface area contributed by atoms with Crippen molar-refractivity contribution >= 4 is 38.7 Å². The molecule has 0 aromatic heterocycles. The zero-order valence-corrected chi connectivity index (χ0v) is 23.1. The Labute approximate surface area is 222 Å². The minimum absolute atomic E-state index is 0.0811. The van der Waals surface area contributed by atoms with Gasteiger partial charge in [0.1, 0.15) is 13.2 Å². The van der Waals surface area contributed by atoms with Crippen LogP contribution in [-0.2, 0) is 23.8 Å². The quantitative estimate of drug-likeness (QED) is 0.170. The van der Waals surface area contributed by atoms with Crippen LogP contribution in [-0.4, -0.2) is 51.1 Å². The number of carbonyl (C=O) groups excluding carboxylic acids is 1. The Morgan fingerprint density at radius 1 is 1.03 bits per heavy atom. The molecule has 8 heteroatoms. The van der Waals surface area contributed by atoms with Crippen LogP contribution in [0.15, 0.2) is 63.6 Å². The van der Waals surface area contributed by atoms with Crippen LogP contribution in [0.1, 0.15) is 41.9 Å². The van der Waals surface area contributed by atoms with Gasteiger partial charge in [-0.3, -0.25) is 13.9 Å². The highest BCUT2D eigenvalue weighted by molar-refractivity contribution is 14.1. The van der Waals surface area contributed by atoms with Gasteiger partial charge in [0.05, 0.1) is 10.8 Å². The highest BCUT2D eigenvalue weighted by Crippen LogP contribution is 2.47. The van der Waals surface area contributed by atoms with Crippen molar-refractivity contribution in [2.24, 2.45) is 5.92 Å². The normalized spacial score (nSPS) is 24.7. The molecule has 0 aliphatic carbocycles. The van der Waals surface area contributed by atoms with Crippen LogP contribution in [0.2, 0.25) is 0 Å². The standard InChI is InChI=1S/C27H32INO5S/c1-19-4-8-21(9-5-19)24-18-22-10-13-25(29(22)15-3-14-28)26(24)27(30)33-16-17-34-35(31,32)23-11-6-20(2)7-12-23/h3-9,11-12,14,22,24-26H,10,13,15-18H2,1-2H3/b14-3+/t22-,24+,25+,26-/m0/s1. The summed E-state index contributed by atoms with van der Waals surface area (Å²) in [7, 11) is -3.89. The molecule has 2 saturated heterocycles. The van der Waals surface area contributed by atoms with Crippen LogP contribution in [0, 0.1) is 19.8 Å². The Morgan fingerprint density at radius 2 is 1.69 bits per heavy atom. The topological polar surface area (TPSA) is 72.9 Å². The van der Waals surface area contributed by atoms with Crippen LogP contribution >= 0.6 is 22.6 Å². The predicted molar refractivity (Wildman–Crippen MR) is 144 cm³/mol. The molecule has 2 heterocycles. The van der Waals surface area contributed by atoms with Crippen molar-refractivity contribution in [2.45, 2.75) is 56.0 Å². The number of benzene rings is 2. The lowest BCUT2D eigenvalue weighted by Crippen LogP contribution is -2.51. The van der Waals surface area contributed by atoms with Crippen molar-refractivity contribution < 1.29 is 22.1 Å². The molecule has 2 aromatic carbocycles. The smallest absolute Gasteiger partial charge is 0.311 e. The van der Waals surface area contributed by atoms with Gasteiger partial charge < -0.3 is 4.74 Å². The molecule has 2 fully saturated rings. The molecule has 2 bridgehead atoms. The molecular weight excluding hydrogens is 577 g/mol. The van der Waals surface area contributed by atoms with Gasteiger partial charge in [-0.1, -0.05) is 76.2 Å². The Hall–Kier alpha value is -1.75. The Bertz CT molecular complexity index is 1150. The number of hydrogen-bond acceptors (Lipinski definition) is 6. The van der Waals surface area contributed by atoms with Gasteiger partial charge in [-0.25, -0.2) is 0 Å². The van der Waals surface area contributed by atoms with Crippen molar-refractivity contribution in [3.05, 3.63) is 75.4 Å². The number of fused-ring (bicyclic) bond motifs is 2. The van der Waals surface area contributed by atoms with Crippen LogP contribution in [0.5, 0.6) is 0 Å². The maximum Gasteiger partial charge on any atom is 0.311 e. The summed E-state index contributed by atoms with van der Waals surface area (Å²) in [6.07, 6.45) is 5.07. The van der Waals surface area contributed by atoms with Crippen LogP contribution in [0.3, 0.4) is 0 Å². The summed E-state index contributed by atoms with van der Waals surface area (Å²) < 4.78 is 37.6. The third-order valence-corrected chi connectivity index (χ3v) is 8.96. The highest BCUT2D eigenvalue weighted by atomic mass is 127. The van der Waals surface area contributed by atoms with E-state index in [-0.39, 0.29) is 42.0 Å². The number of carbonyl (C=O) groups is 1. The van der Waals surface area contributed by atoms with Gasteiger partial charge in [0, 0.05) is 24.5 Å². The molecule has 0 N–H and O–H groups in total. The maximum atomic E-state index is 13.4. The molecule has 2 aliphatic rings. The third-order valence-electron chi connectivity index (χ3n) is 7.12. The maximum absolute atomic E-state index is 13.4. The summed E-state index contributed by atoms with van der Waals surface area (Å²) in [4.78, 5) is 15.9. The van der Waals surface area contributed by atoms with E-state index in [2.05, 4.69) is 64.8 Å². The Kier molecular flexibility index (Phi) is 8.67. The SMILES string of the molecule is Cc1ccc([C@H]2C[C@@H]3CC[C@H]([C@H]2C(=O)OCCOS(=O)(=O)c2ccc(C)cc2)N3C/C=C/I)cc1. The molecule has 0 spiro atoms. The number of piperidine rings is 1. The van der Waals surface area contributed by atoms with Gasteiger partial charge in [0.2, 0.25) is 0 Å². The van der Waals surface area contributed by atoms with E-state index >= 15 is 0 Å². The molecule has 0 radical (unpaired) electrons. The van der Waals surface area contributed by atoms with Gasteiger partial charge in [-0.15, -0.1) is 0 Å². The number of halogens is 1. The number of rotatable bonds is 9. The molecule has 0 unspecified atom stereocenters. The largest absolute Gasteiger partial charge is 0.463 e. The fraction of sp³-hybridized carbons (Fsp3) is 0.444. The monoisotopic (exact) mass is 609 g/mol. The number of aryl methyl sites for hydroxylation is 2. The summed E-state index contributed by atoms with van der Waals surface area (Å²) in [5.74, 6) is -0.494. The molecule has 6 nitrogen and oxygen atoms in total. The average molecular weight is 610 g/mol. The molecule has 188 valence electrons. The average Bonchev–Trinajstić information content (AvgIpc) is 3.11. The molecule has 0 saturated carbocycles. The lowest BCUT2D eigenvalue weighted by atomic mass is 9.76. The summed E-state index contributed by atoms with van der Waals surface area (Å²) in [6.45, 7) is 4.45. The lowest BCUT2D eigenvalue weighted by molar-refractivity contribution is -0.154. The molecule has 2 aromatic rings. The Morgan fingerprint density at radius 3 is 2.34 bits per heavy atom. The minimum atomic E-state index is -3.89. The molecular formula is C27H32INO5S. The first-order valence-electron chi connectivity index (χ1n) is 12.0. The molecule has 4 atom stereocenters. The van der Waals surface area contributed by atoms with E-state index in [4.69, 9.17) is 8.92 Å². The van der Waals surface area contributed by atoms with Crippen molar-refractivity contribution in [3.8, 4) is 0 Å². The van der Waals surface area contributed by atoms with Crippen molar-refractivity contribution in [2.75, 3.05) is 19.8 Å². The summed E-state index contributed by atoms with van der Waals surface area (Å²) in [5, 5.41) is 0. The van der Waals surface area contributed by atoms with Gasteiger partial charge in [0.15, 0.2) is 0 Å². The fourth-order valence-electron chi connectivity index (χ4n) is 5.39. The number of hydrogen-bond donors (Lipinski definition) is 0. The second kappa shape index (κ2) is 11.5. The van der Waals surface area contributed by atoms with E-state index in [1.807, 2.05) is 11.0 Å².